The number of likely N-dealkylation sites (N-methyl/N-ethyl adjacent to an activating group) is 1. The minimum Gasteiger partial charge on any atom is -0.380 e. The van der Waals surface area contributed by atoms with Crippen molar-refractivity contribution in [2.24, 2.45) is 5.73 Å². The maximum atomic E-state index is 6.19. The third kappa shape index (κ3) is 5.31. The van der Waals surface area contributed by atoms with E-state index >= 15 is 0 Å². The van der Waals surface area contributed by atoms with E-state index in [9.17, 15) is 0 Å². The summed E-state index contributed by atoms with van der Waals surface area (Å²) in [5.74, 6) is 0. The maximum Gasteiger partial charge on any atom is 0.0593 e. The Morgan fingerprint density at radius 1 is 1.24 bits per heavy atom. The van der Waals surface area contributed by atoms with Crippen molar-refractivity contribution in [3.8, 4) is 0 Å². The Hall–Kier alpha value is -0.900. The smallest absolute Gasteiger partial charge is 0.0593 e. The minimum atomic E-state index is 0.0813. The van der Waals surface area contributed by atoms with Crippen LogP contribution in [0.3, 0.4) is 0 Å². The molecule has 2 N–H and O–H groups in total. The topological polar surface area (TPSA) is 38.5 Å². The van der Waals surface area contributed by atoms with Crippen LogP contribution in [0.1, 0.15) is 25.5 Å². The molecule has 0 heterocycles. The zero-order valence-corrected chi connectivity index (χ0v) is 10.9. The van der Waals surface area contributed by atoms with Crippen LogP contribution < -0.4 is 5.73 Å². The van der Waals surface area contributed by atoms with Gasteiger partial charge in [-0.1, -0.05) is 37.3 Å². The lowest BCUT2D eigenvalue weighted by Crippen LogP contribution is -2.34. The van der Waals surface area contributed by atoms with Crippen LogP contribution in [-0.2, 0) is 4.74 Å². The van der Waals surface area contributed by atoms with E-state index in [1.165, 1.54) is 5.56 Å². The van der Waals surface area contributed by atoms with Crippen molar-refractivity contribution >= 4 is 0 Å². The molecule has 0 bridgehead atoms. The van der Waals surface area contributed by atoms with Gasteiger partial charge in [0, 0.05) is 25.7 Å². The predicted octanol–water partition coefficient (Wildman–Crippen LogP) is 2.04. The van der Waals surface area contributed by atoms with Crippen LogP contribution in [0.25, 0.3) is 0 Å². The largest absolute Gasteiger partial charge is 0.380 e. The summed E-state index contributed by atoms with van der Waals surface area (Å²) in [5.41, 5.74) is 7.39. The van der Waals surface area contributed by atoms with Gasteiger partial charge in [-0.05, 0) is 19.0 Å². The normalized spacial score (nSPS) is 12.9. The first kappa shape index (κ1) is 14.2. The highest BCUT2D eigenvalue weighted by molar-refractivity contribution is 5.18. The number of ether oxygens (including phenoxy) is 1. The van der Waals surface area contributed by atoms with Crippen molar-refractivity contribution in [3.05, 3.63) is 35.9 Å². The first-order valence-electron chi connectivity index (χ1n) is 6.38. The SMILES string of the molecule is CCOCCN(CC)CC(N)c1ccccc1. The van der Waals surface area contributed by atoms with Crippen molar-refractivity contribution < 1.29 is 4.74 Å². The number of nitrogens with two attached hydrogens (primary N) is 1. The van der Waals surface area contributed by atoms with Crippen molar-refractivity contribution in [2.45, 2.75) is 19.9 Å². The lowest BCUT2D eigenvalue weighted by atomic mass is 10.1. The standard InChI is InChI=1S/C14H24N2O/c1-3-16(10-11-17-4-2)12-14(15)13-8-6-5-7-9-13/h5-9,14H,3-4,10-12,15H2,1-2H3. The van der Waals surface area contributed by atoms with E-state index in [0.29, 0.717) is 0 Å². The summed E-state index contributed by atoms with van der Waals surface area (Å²) in [6.07, 6.45) is 0. The number of hydrogen-bond donors (Lipinski definition) is 1. The van der Waals surface area contributed by atoms with Gasteiger partial charge in [-0.25, -0.2) is 0 Å². The molecule has 0 aliphatic carbocycles. The van der Waals surface area contributed by atoms with Gasteiger partial charge in [0.1, 0.15) is 0 Å². The third-order valence-electron chi connectivity index (χ3n) is 2.89. The van der Waals surface area contributed by atoms with Gasteiger partial charge in [0.2, 0.25) is 0 Å². The van der Waals surface area contributed by atoms with E-state index in [-0.39, 0.29) is 6.04 Å². The average molecular weight is 236 g/mol. The fourth-order valence-corrected chi connectivity index (χ4v) is 1.80. The number of benzene rings is 1. The lowest BCUT2D eigenvalue weighted by Gasteiger charge is -2.24. The monoisotopic (exact) mass is 236 g/mol. The van der Waals surface area contributed by atoms with Crippen LogP contribution in [-0.4, -0.2) is 37.7 Å². The van der Waals surface area contributed by atoms with Gasteiger partial charge in [0.15, 0.2) is 0 Å². The summed E-state index contributed by atoms with van der Waals surface area (Å²) in [5, 5.41) is 0. The highest BCUT2D eigenvalue weighted by Gasteiger charge is 2.10. The van der Waals surface area contributed by atoms with Gasteiger partial charge in [-0.15, -0.1) is 0 Å². The molecule has 0 fully saturated rings. The van der Waals surface area contributed by atoms with E-state index in [1.807, 2.05) is 25.1 Å². The van der Waals surface area contributed by atoms with Crippen LogP contribution in [0.2, 0.25) is 0 Å². The first-order chi connectivity index (χ1) is 8.27. The van der Waals surface area contributed by atoms with Crippen molar-refractivity contribution in [1.82, 2.24) is 4.90 Å². The Kier molecular flexibility index (Phi) is 6.86. The molecule has 0 saturated heterocycles. The summed E-state index contributed by atoms with van der Waals surface area (Å²) in [7, 11) is 0. The van der Waals surface area contributed by atoms with Crippen LogP contribution in [0.15, 0.2) is 30.3 Å². The highest BCUT2D eigenvalue weighted by Crippen LogP contribution is 2.10. The molecule has 0 amide bonds. The molecule has 1 aromatic carbocycles. The maximum absolute atomic E-state index is 6.19. The molecule has 0 aromatic heterocycles. The quantitative estimate of drug-likeness (QED) is 0.702. The lowest BCUT2D eigenvalue weighted by molar-refractivity contribution is 0.113. The van der Waals surface area contributed by atoms with Crippen LogP contribution in [0.5, 0.6) is 0 Å². The zero-order valence-electron chi connectivity index (χ0n) is 10.9. The summed E-state index contributed by atoms with van der Waals surface area (Å²) < 4.78 is 5.37. The van der Waals surface area contributed by atoms with Gasteiger partial charge in [-0.2, -0.15) is 0 Å². The number of hydrogen-bond acceptors (Lipinski definition) is 3. The highest BCUT2D eigenvalue weighted by atomic mass is 16.5. The second-order valence-corrected chi connectivity index (χ2v) is 4.11. The summed E-state index contributed by atoms with van der Waals surface area (Å²) in [6, 6.07) is 10.3. The molecule has 0 aliphatic rings. The van der Waals surface area contributed by atoms with E-state index in [2.05, 4.69) is 24.0 Å². The number of rotatable bonds is 8. The van der Waals surface area contributed by atoms with Gasteiger partial charge >= 0.3 is 0 Å². The number of nitrogens with zero attached hydrogens (tertiary/aromatic N) is 1. The molecule has 1 atom stereocenters. The van der Waals surface area contributed by atoms with Crippen LogP contribution >= 0.6 is 0 Å². The zero-order chi connectivity index (χ0) is 12.5. The Balaban J connectivity index is 2.39. The molecule has 1 aromatic rings. The molecular formula is C14H24N2O. The fraction of sp³-hybridized carbons (Fsp3) is 0.571. The molecule has 0 spiro atoms. The molecule has 0 radical (unpaired) electrons. The Morgan fingerprint density at radius 2 is 1.94 bits per heavy atom. The Bertz CT molecular complexity index is 290. The predicted molar refractivity (Wildman–Crippen MR) is 72.0 cm³/mol. The molecule has 1 unspecified atom stereocenters. The van der Waals surface area contributed by atoms with E-state index in [1.54, 1.807) is 0 Å². The molecule has 1 rings (SSSR count). The molecule has 3 nitrogen and oxygen atoms in total. The molecule has 0 saturated carbocycles. The van der Waals surface area contributed by atoms with Gasteiger partial charge < -0.3 is 10.5 Å². The Labute approximate surface area is 105 Å². The van der Waals surface area contributed by atoms with E-state index < -0.39 is 0 Å². The van der Waals surface area contributed by atoms with Crippen molar-refractivity contribution in [1.29, 1.82) is 0 Å². The average Bonchev–Trinajstić information content (AvgIpc) is 2.38. The second kappa shape index (κ2) is 8.23. The molecule has 17 heavy (non-hydrogen) atoms. The van der Waals surface area contributed by atoms with Gasteiger partial charge in [-0.3, -0.25) is 4.90 Å². The molecule has 3 heteroatoms. The van der Waals surface area contributed by atoms with Crippen molar-refractivity contribution in [3.63, 3.8) is 0 Å². The third-order valence-corrected chi connectivity index (χ3v) is 2.89. The Morgan fingerprint density at radius 3 is 2.53 bits per heavy atom. The summed E-state index contributed by atoms with van der Waals surface area (Å²) in [4.78, 5) is 2.33. The van der Waals surface area contributed by atoms with E-state index in [0.717, 1.165) is 32.8 Å². The second-order valence-electron chi connectivity index (χ2n) is 4.11. The van der Waals surface area contributed by atoms with Gasteiger partial charge in [0.05, 0.1) is 6.61 Å². The van der Waals surface area contributed by atoms with E-state index in [4.69, 9.17) is 10.5 Å². The molecule has 0 aliphatic heterocycles. The molecule has 96 valence electrons. The summed E-state index contributed by atoms with van der Waals surface area (Å²) in [6.45, 7) is 8.58. The molecular weight excluding hydrogens is 212 g/mol. The minimum absolute atomic E-state index is 0.0813. The van der Waals surface area contributed by atoms with Gasteiger partial charge in [0.25, 0.3) is 0 Å². The van der Waals surface area contributed by atoms with Crippen molar-refractivity contribution in [2.75, 3.05) is 32.8 Å². The fourth-order valence-electron chi connectivity index (χ4n) is 1.80. The van der Waals surface area contributed by atoms with Crippen LogP contribution in [0, 0.1) is 0 Å². The van der Waals surface area contributed by atoms with Crippen LogP contribution in [0.4, 0.5) is 0 Å². The summed E-state index contributed by atoms with van der Waals surface area (Å²) >= 11 is 0. The first-order valence-corrected chi connectivity index (χ1v) is 6.38.